The Labute approximate surface area is 72.5 Å². The van der Waals surface area contributed by atoms with Gasteiger partial charge in [0.05, 0.1) is 0 Å². The summed E-state index contributed by atoms with van der Waals surface area (Å²) in [6.45, 7) is 0.624. The van der Waals surface area contributed by atoms with Crippen molar-refractivity contribution in [3.63, 3.8) is 0 Å². The van der Waals surface area contributed by atoms with E-state index in [1.807, 2.05) is 0 Å². The lowest BCUT2D eigenvalue weighted by molar-refractivity contribution is -0.137. The molecule has 0 amide bonds. The maximum absolute atomic E-state index is 10.1. The van der Waals surface area contributed by atoms with Crippen LogP contribution in [0.4, 0.5) is 0 Å². The summed E-state index contributed by atoms with van der Waals surface area (Å²) in [4.78, 5) is 10.1. The van der Waals surface area contributed by atoms with E-state index in [0.29, 0.717) is 6.54 Å². The summed E-state index contributed by atoms with van der Waals surface area (Å²) in [6.07, 6.45) is 5.06. The molecule has 3 N–H and O–H groups in total. The van der Waals surface area contributed by atoms with Gasteiger partial charge >= 0.3 is 5.97 Å². The average molecular weight is 175 g/mol. The second-order valence-electron chi connectivity index (χ2n) is 2.82. The number of hydrogen-bond donors (Lipinski definition) is 3. The predicted molar refractivity (Wildman–Crippen MR) is 45.1 cm³/mol. The van der Waals surface area contributed by atoms with E-state index in [9.17, 15) is 4.79 Å². The van der Waals surface area contributed by atoms with E-state index in [4.69, 9.17) is 10.3 Å². The predicted octanol–water partition coefficient (Wildman–Crippen LogP) is 1.39. The van der Waals surface area contributed by atoms with E-state index in [1.54, 1.807) is 0 Å². The maximum atomic E-state index is 10.1. The molecular formula is C8H17NO3. The van der Waals surface area contributed by atoms with Crippen LogP contribution >= 0.6 is 0 Å². The number of rotatable bonds is 8. The number of carboxylic acid groups (broad SMARTS) is 1. The maximum Gasteiger partial charge on any atom is 0.303 e. The van der Waals surface area contributed by atoms with Crippen LogP contribution in [0, 0.1) is 0 Å². The van der Waals surface area contributed by atoms with Crippen LogP contribution in [0.15, 0.2) is 0 Å². The molecule has 0 aromatic heterocycles. The van der Waals surface area contributed by atoms with Crippen molar-refractivity contribution >= 4 is 5.97 Å². The molecule has 0 heterocycles. The molecule has 12 heavy (non-hydrogen) atoms. The Morgan fingerprint density at radius 3 is 2.25 bits per heavy atom. The Hall–Kier alpha value is -0.610. The van der Waals surface area contributed by atoms with E-state index in [1.165, 1.54) is 0 Å². The van der Waals surface area contributed by atoms with E-state index in [0.717, 1.165) is 32.1 Å². The number of nitrogens with one attached hydrogen (secondary N) is 1. The number of hydrogen-bond acceptors (Lipinski definition) is 3. The van der Waals surface area contributed by atoms with Gasteiger partial charge in [0.2, 0.25) is 0 Å². The van der Waals surface area contributed by atoms with Gasteiger partial charge in [-0.2, -0.15) is 0 Å². The summed E-state index contributed by atoms with van der Waals surface area (Å²) < 4.78 is 0. The zero-order valence-corrected chi connectivity index (χ0v) is 7.25. The Morgan fingerprint density at radius 1 is 1.08 bits per heavy atom. The van der Waals surface area contributed by atoms with Crippen molar-refractivity contribution in [2.45, 2.75) is 38.5 Å². The summed E-state index contributed by atoms with van der Waals surface area (Å²) in [6, 6.07) is 0. The molecule has 0 aliphatic heterocycles. The lowest BCUT2D eigenvalue weighted by Crippen LogP contribution is -2.07. The smallest absolute Gasteiger partial charge is 0.303 e. The van der Waals surface area contributed by atoms with Crippen LogP contribution in [0.3, 0.4) is 0 Å². The third-order valence-electron chi connectivity index (χ3n) is 1.68. The van der Waals surface area contributed by atoms with Crippen molar-refractivity contribution < 1.29 is 15.1 Å². The molecule has 0 aliphatic carbocycles. The van der Waals surface area contributed by atoms with Crippen LogP contribution in [0.2, 0.25) is 0 Å². The standard InChI is InChI=1S/C8H17NO3/c10-8(11)6-4-2-1-3-5-7-9-12/h9,12H,1-7H2,(H,10,11). The molecule has 4 nitrogen and oxygen atoms in total. The summed E-state index contributed by atoms with van der Waals surface area (Å²) in [5, 5.41) is 16.5. The number of unbranched alkanes of at least 4 members (excludes halogenated alkanes) is 4. The number of hydroxylamine groups is 1. The van der Waals surface area contributed by atoms with Gasteiger partial charge < -0.3 is 10.3 Å². The van der Waals surface area contributed by atoms with Gasteiger partial charge in [-0.3, -0.25) is 4.79 Å². The lowest BCUT2D eigenvalue weighted by Gasteiger charge is -1.98. The number of carboxylic acids is 1. The molecule has 0 aromatic carbocycles. The molecule has 4 heteroatoms. The summed E-state index contributed by atoms with van der Waals surface area (Å²) in [5.74, 6) is -0.716. The highest BCUT2D eigenvalue weighted by Gasteiger charge is 1.95. The first-order chi connectivity index (χ1) is 5.77. The Morgan fingerprint density at radius 2 is 1.67 bits per heavy atom. The van der Waals surface area contributed by atoms with Gasteiger partial charge in [0, 0.05) is 13.0 Å². The van der Waals surface area contributed by atoms with Crippen molar-refractivity contribution in [1.29, 1.82) is 0 Å². The number of carbonyl (C=O) groups is 1. The lowest BCUT2D eigenvalue weighted by atomic mass is 10.1. The van der Waals surface area contributed by atoms with Crippen molar-refractivity contribution in [2.24, 2.45) is 0 Å². The molecule has 0 aliphatic rings. The van der Waals surface area contributed by atoms with Crippen LogP contribution in [0.1, 0.15) is 38.5 Å². The first-order valence-corrected chi connectivity index (χ1v) is 4.36. The molecule has 72 valence electrons. The van der Waals surface area contributed by atoms with Gasteiger partial charge in [-0.05, 0) is 12.8 Å². The molecule has 0 bridgehead atoms. The molecule has 0 saturated carbocycles. The number of aliphatic carboxylic acids is 1. The van der Waals surface area contributed by atoms with Crippen molar-refractivity contribution in [3.8, 4) is 0 Å². The summed E-state index contributed by atoms with van der Waals surface area (Å²) in [7, 11) is 0. The summed E-state index contributed by atoms with van der Waals surface area (Å²) in [5.41, 5.74) is 2.08. The normalized spacial score (nSPS) is 10.1. The molecule has 0 spiro atoms. The first kappa shape index (κ1) is 11.4. The summed E-state index contributed by atoms with van der Waals surface area (Å²) >= 11 is 0. The molecule has 0 atom stereocenters. The van der Waals surface area contributed by atoms with E-state index >= 15 is 0 Å². The van der Waals surface area contributed by atoms with Crippen LogP contribution in [-0.4, -0.2) is 22.8 Å². The first-order valence-electron chi connectivity index (χ1n) is 4.36. The van der Waals surface area contributed by atoms with Crippen molar-refractivity contribution in [2.75, 3.05) is 6.54 Å². The van der Waals surface area contributed by atoms with E-state index < -0.39 is 5.97 Å². The fourth-order valence-electron chi connectivity index (χ4n) is 1.01. The third-order valence-corrected chi connectivity index (χ3v) is 1.68. The minimum Gasteiger partial charge on any atom is -0.481 e. The van der Waals surface area contributed by atoms with Crippen molar-refractivity contribution in [3.05, 3.63) is 0 Å². The van der Waals surface area contributed by atoms with Gasteiger partial charge in [0.1, 0.15) is 0 Å². The SMILES string of the molecule is O=C(O)CCCCCCCNO. The van der Waals surface area contributed by atoms with Crippen molar-refractivity contribution in [1.82, 2.24) is 5.48 Å². The van der Waals surface area contributed by atoms with Gasteiger partial charge in [0.15, 0.2) is 0 Å². The molecule has 0 aromatic rings. The molecule has 0 radical (unpaired) electrons. The van der Waals surface area contributed by atoms with E-state index in [-0.39, 0.29) is 6.42 Å². The quantitative estimate of drug-likeness (QED) is 0.385. The van der Waals surface area contributed by atoms with Gasteiger partial charge in [-0.1, -0.05) is 19.3 Å². The minimum absolute atomic E-state index is 0.276. The second kappa shape index (κ2) is 8.49. The van der Waals surface area contributed by atoms with Crippen LogP contribution in [0.5, 0.6) is 0 Å². The highest BCUT2D eigenvalue weighted by molar-refractivity contribution is 5.66. The minimum atomic E-state index is -0.716. The Bertz CT molecular complexity index is 117. The topological polar surface area (TPSA) is 69.6 Å². The molecular weight excluding hydrogens is 158 g/mol. The van der Waals surface area contributed by atoms with Crippen LogP contribution < -0.4 is 5.48 Å². The zero-order valence-electron chi connectivity index (χ0n) is 7.25. The van der Waals surface area contributed by atoms with Gasteiger partial charge in [-0.25, -0.2) is 5.48 Å². The second-order valence-corrected chi connectivity index (χ2v) is 2.82. The molecule has 0 fully saturated rings. The largest absolute Gasteiger partial charge is 0.481 e. The average Bonchev–Trinajstić information content (AvgIpc) is 2.02. The zero-order chi connectivity index (χ0) is 9.23. The fourth-order valence-corrected chi connectivity index (χ4v) is 1.01. The van der Waals surface area contributed by atoms with Crippen LogP contribution in [0.25, 0.3) is 0 Å². The highest BCUT2D eigenvalue weighted by atomic mass is 16.5. The molecule has 0 unspecified atom stereocenters. The van der Waals surface area contributed by atoms with E-state index in [2.05, 4.69) is 5.48 Å². The Kier molecular flexibility index (Phi) is 8.05. The molecule has 0 saturated heterocycles. The Balaban J connectivity index is 2.86. The van der Waals surface area contributed by atoms with Crippen LogP contribution in [-0.2, 0) is 4.79 Å². The fraction of sp³-hybridized carbons (Fsp3) is 0.875. The molecule has 0 rings (SSSR count). The highest BCUT2D eigenvalue weighted by Crippen LogP contribution is 2.04. The van der Waals surface area contributed by atoms with Gasteiger partial charge in [0.25, 0.3) is 0 Å². The third kappa shape index (κ3) is 9.39. The van der Waals surface area contributed by atoms with Gasteiger partial charge in [-0.15, -0.1) is 0 Å². The monoisotopic (exact) mass is 175 g/mol.